The number of ketones is 1. The SMILES string of the molecule is NC(N)=N[C@@H](CO)C(=O)[C@H](O)[C@@H](O)CO. The van der Waals surface area contributed by atoms with Crippen LogP contribution in [-0.2, 0) is 4.79 Å². The van der Waals surface area contributed by atoms with Crippen LogP contribution in [0.1, 0.15) is 0 Å². The Kier molecular flexibility index (Phi) is 5.79. The van der Waals surface area contributed by atoms with Gasteiger partial charge in [0.25, 0.3) is 0 Å². The molecule has 0 fully saturated rings. The van der Waals surface area contributed by atoms with E-state index in [1.165, 1.54) is 0 Å². The lowest BCUT2D eigenvalue weighted by Gasteiger charge is -2.17. The number of guanidine groups is 1. The lowest BCUT2D eigenvalue weighted by Crippen LogP contribution is -2.44. The molecule has 0 bridgehead atoms. The second-order valence-electron chi connectivity index (χ2n) is 2.85. The molecule has 8 nitrogen and oxygen atoms in total. The number of hydrogen-bond donors (Lipinski definition) is 6. The molecular formula is C7H15N3O5. The molecule has 0 heterocycles. The lowest BCUT2D eigenvalue weighted by atomic mass is 10.0. The largest absolute Gasteiger partial charge is 0.394 e. The Morgan fingerprint density at radius 3 is 2.07 bits per heavy atom. The van der Waals surface area contributed by atoms with E-state index in [2.05, 4.69) is 4.99 Å². The molecule has 0 aromatic carbocycles. The second-order valence-corrected chi connectivity index (χ2v) is 2.85. The Morgan fingerprint density at radius 1 is 1.20 bits per heavy atom. The van der Waals surface area contributed by atoms with Crippen molar-refractivity contribution in [1.29, 1.82) is 0 Å². The molecule has 8 N–H and O–H groups in total. The van der Waals surface area contributed by atoms with Crippen molar-refractivity contribution in [1.82, 2.24) is 0 Å². The fourth-order valence-corrected chi connectivity index (χ4v) is 0.861. The van der Waals surface area contributed by atoms with Gasteiger partial charge in [-0.05, 0) is 0 Å². The van der Waals surface area contributed by atoms with Crippen molar-refractivity contribution >= 4 is 11.7 Å². The maximum absolute atomic E-state index is 11.3. The van der Waals surface area contributed by atoms with Crippen molar-refractivity contribution in [3.8, 4) is 0 Å². The summed E-state index contributed by atoms with van der Waals surface area (Å²) in [5, 5.41) is 35.4. The highest BCUT2D eigenvalue weighted by molar-refractivity contribution is 5.91. The van der Waals surface area contributed by atoms with Crippen molar-refractivity contribution in [2.75, 3.05) is 13.2 Å². The van der Waals surface area contributed by atoms with E-state index >= 15 is 0 Å². The third kappa shape index (κ3) is 4.21. The van der Waals surface area contributed by atoms with Crippen LogP contribution in [-0.4, -0.2) is 63.6 Å². The van der Waals surface area contributed by atoms with E-state index in [-0.39, 0.29) is 0 Å². The third-order valence-corrected chi connectivity index (χ3v) is 1.65. The lowest BCUT2D eigenvalue weighted by molar-refractivity contribution is -0.136. The fourth-order valence-electron chi connectivity index (χ4n) is 0.861. The minimum atomic E-state index is -1.84. The number of nitrogens with two attached hydrogens (primary N) is 2. The van der Waals surface area contributed by atoms with Crippen molar-refractivity contribution in [3.63, 3.8) is 0 Å². The van der Waals surface area contributed by atoms with Gasteiger partial charge in [-0.1, -0.05) is 0 Å². The van der Waals surface area contributed by atoms with Crippen LogP contribution >= 0.6 is 0 Å². The fraction of sp³-hybridized carbons (Fsp3) is 0.714. The molecule has 0 spiro atoms. The smallest absolute Gasteiger partial charge is 0.190 e. The molecule has 88 valence electrons. The summed E-state index contributed by atoms with van der Waals surface area (Å²) in [7, 11) is 0. The van der Waals surface area contributed by atoms with Crippen LogP contribution in [0.25, 0.3) is 0 Å². The molecule has 0 saturated heterocycles. The van der Waals surface area contributed by atoms with E-state index in [0.29, 0.717) is 0 Å². The van der Waals surface area contributed by atoms with Crippen molar-refractivity contribution in [3.05, 3.63) is 0 Å². The number of carbonyl (C=O) groups is 1. The Balaban J connectivity index is 4.58. The number of Topliss-reactive ketones (excluding diaryl/α,β-unsaturated/α-hetero) is 1. The Morgan fingerprint density at radius 2 is 1.73 bits per heavy atom. The normalized spacial score (nSPS) is 16.5. The van der Waals surface area contributed by atoms with E-state index in [9.17, 15) is 9.90 Å². The average molecular weight is 221 g/mol. The van der Waals surface area contributed by atoms with E-state index < -0.39 is 43.2 Å². The Bertz CT molecular complexity index is 241. The molecule has 0 rings (SSSR count). The summed E-state index contributed by atoms with van der Waals surface area (Å²) in [6, 6.07) is -1.34. The Labute approximate surface area is 85.8 Å². The van der Waals surface area contributed by atoms with Crippen LogP contribution in [0.15, 0.2) is 4.99 Å². The molecule has 0 aliphatic rings. The number of aliphatic imine (C=N–C) groups is 1. The molecule has 0 aromatic rings. The molecule has 0 unspecified atom stereocenters. The zero-order valence-corrected chi connectivity index (χ0v) is 7.95. The van der Waals surface area contributed by atoms with Gasteiger partial charge >= 0.3 is 0 Å². The van der Waals surface area contributed by atoms with Crippen LogP contribution in [0.3, 0.4) is 0 Å². The molecule has 0 amide bonds. The van der Waals surface area contributed by atoms with Crippen LogP contribution in [0, 0.1) is 0 Å². The predicted molar refractivity (Wildman–Crippen MR) is 50.8 cm³/mol. The summed E-state index contributed by atoms with van der Waals surface area (Å²) in [5.74, 6) is -1.39. The number of aliphatic hydroxyl groups excluding tert-OH is 4. The van der Waals surface area contributed by atoms with Crippen molar-refractivity contribution in [2.45, 2.75) is 18.2 Å². The van der Waals surface area contributed by atoms with Crippen molar-refractivity contribution in [2.24, 2.45) is 16.5 Å². The molecule has 0 aromatic heterocycles. The molecule has 0 aliphatic heterocycles. The molecule has 8 heteroatoms. The first-order valence-electron chi connectivity index (χ1n) is 4.14. The molecule has 0 saturated carbocycles. The summed E-state index contributed by atoms with van der Waals surface area (Å²) in [6.45, 7) is -1.49. The zero-order chi connectivity index (χ0) is 12.0. The minimum absolute atomic E-state index is 0.423. The van der Waals surface area contributed by atoms with E-state index in [0.717, 1.165) is 0 Å². The van der Waals surface area contributed by atoms with Gasteiger partial charge in [0.2, 0.25) is 0 Å². The van der Waals surface area contributed by atoms with E-state index in [4.69, 9.17) is 26.8 Å². The summed E-state index contributed by atoms with van der Waals surface area (Å²) in [4.78, 5) is 14.7. The van der Waals surface area contributed by atoms with E-state index in [1.54, 1.807) is 0 Å². The van der Waals surface area contributed by atoms with Crippen LogP contribution in [0.2, 0.25) is 0 Å². The maximum atomic E-state index is 11.3. The summed E-state index contributed by atoms with van der Waals surface area (Å²) in [6.07, 6.45) is -3.46. The number of aliphatic hydroxyl groups is 4. The molecular weight excluding hydrogens is 206 g/mol. The number of carbonyl (C=O) groups excluding carboxylic acids is 1. The Hall–Kier alpha value is -1.22. The highest BCUT2D eigenvalue weighted by Crippen LogP contribution is 2.02. The van der Waals surface area contributed by atoms with Crippen LogP contribution in [0.5, 0.6) is 0 Å². The topological polar surface area (TPSA) is 162 Å². The molecule has 15 heavy (non-hydrogen) atoms. The first-order valence-corrected chi connectivity index (χ1v) is 4.14. The summed E-state index contributed by atoms with van der Waals surface area (Å²) in [5.41, 5.74) is 9.97. The van der Waals surface area contributed by atoms with Gasteiger partial charge in [-0.3, -0.25) is 4.79 Å². The highest BCUT2D eigenvalue weighted by atomic mass is 16.4. The monoisotopic (exact) mass is 221 g/mol. The zero-order valence-electron chi connectivity index (χ0n) is 7.95. The van der Waals surface area contributed by atoms with Crippen LogP contribution in [0.4, 0.5) is 0 Å². The number of nitrogens with zero attached hydrogens (tertiary/aromatic N) is 1. The third-order valence-electron chi connectivity index (χ3n) is 1.65. The number of hydrogen-bond acceptors (Lipinski definition) is 6. The standard InChI is InChI=1S/C7H15N3O5/c8-7(9)10-3(1-11)5(14)6(15)4(13)2-12/h3-4,6,11-13,15H,1-2H2,(H4,8,9,10)/t3-,4-,6+/m0/s1. The second kappa shape index (κ2) is 6.30. The summed E-state index contributed by atoms with van der Waals surface area (Å²) < 4.78 is 0. The number of rotatable bonds is 6. The van der Waals surface area contributed by atoms with Crippen LogP contribution < -0.4 is 11.5 Å². The van der Waals surface area contributed by atoms with E-state index in [1.807, 2.05) is 0 Å². The van der Waals surface area contributed by atoms with Gasteiger partial charge in [-0.15, -0.1) is 0 Å². The van der Waals surface area contributed by atoms with Gasteiger partial charge in [-0.25, -0.2) is 4.99 Å². The highest BCUT2D eigenvalue weighted by Gasteiger charge is 2.29. The molecule has 0 aliphatic carbocycles. The minimum Gasteiger partial charge on any atom is -0.394 e. The average Bonchev–Trinajstić information content (AvgIpc) is 2.22. The first-order chi connectivity index (χ1) is 6.93. The first kappa shape index (κ1) is 13.8. The molecule has 0 radical (unpaired) electrons. The van der Waals surface area contributed by atoms with Gasteiger partial charge in [0.05, 0.1) is 13.2 Å². The molecule has 3 atom stereocenters. The maximum Gasteiger partial charge on any atom is 0.190 e. The van der Waals surface area contributed by atoms with Crippen molar-refractivity contribution < 1.29 is 25.2 Å². The van der Waals surface area contributed by atoms with Gasteiger partial charge in [0.1, 0.15) is 18.2 Å². The quantitative estimate of drug-likeness (QED) is 0.196. The predicted octanol–water partition coefficient (Wildman–Crippen LogP) is -4.10. The summed E-state index contributed by atoms with van der Waals surface area (Å²) >= 11 is 0. The van der Waals surface area contributed by atoms with Gasteiger partial charge in [0.15, 0.2) is 11.7 Å². The van der Waals surface area contributed by atoms with Gasteiger partial charge in [-0.2, -0.15) is 0 Å². The van der Waals surface area contributed by atoms with Gasteiger partial charge < -0.3 is 31.9 Å². The van der Waals surface area contributed by atoms with Gasteiger partial charge in [0, 0.05) is 0 Å².